The van der Waals surface area contributed by atoms with Gasteiger partial charge in [-0.2, -0.15) is 0 Å². The van der Waals surface area contributed by atoms with Gasteiger partial charge in [0.15, 0.2) is 0 Å². The van der Waals surface area contributed by atoms with Crippen molar-refractivity contribution in [2.45, 2.75) is 62.4 Å². The Morgan fingerprint density at radius 3 is 3.00 bits per heavy atom. The van der Waals surface area contributed by atoms with Gasteiger partial charge in [0.25, 0.3) is 5.56 Å². The molecule has 2 atom stereocenters. The molecule has 0 amide bonds. The van der Waals surface area contributed by atoms with E-state index in [-0.39, 0.29) is 10.8 Å². The molecular weight excluding hydrogens is 368 g/mol. The number of rotatable bonds is 4. The summed E-state index contributed by atoms with van der Waals surface area (Å²) in [6.07, 6.45) is 5.46. The SMILES string of the molecule is CC1CCc2c(sc3nc(C(C)Sc4nnnn4C4CC4)[nH]c(=O)c23)C1. The van der Waals surface area contributed by atoms with Crippen LogP contribution in [0.25, 0.3) is 10.2 Å². The first-order chi connectivity index (χ1) is 12.6. The lowest BCUT2D eigenvalue weighted by atomic mass is 9.89. The van der Waals surface area contributed by atoms with Gasteiger partial charge in [-0.3, -0.25) is 4.79 Å². The second kappa shape index (κ2) is 6.16. The van der Waals surface area contributed by atoms with Crippen molar-refractivity contribution in [2.24, 2.45) is 5.92 Å². The van der Waals surface area contributed by atoms with Crippen LogP contribution in [-0.2, 0) is 12.8 Å². The molecule has 1 fully saturated rings. The number of thioether (sulfide) groups is 1. The van der Waals surface area contributed by atoms with E-state index in [1.165, 1.54) is 10.4 Å². The summed E-state index contributed by atoms with van der Waals surface area (Å²) in [5, 5.41) is 13.6. The highest BCUT2D eigenvalue weighted by molar-refractivity contribution is 7.99. The molecule has 0 radical (unpaired) electrons. The summed E-state index contributed by atoms with van der Waals surface area (Å²) in [6.45, 7) is 4.31. The molecule has 0 saturated heterocycles. The minimum Gasteiger partial charge on any atom is -0.309 e. The predicted octanol–water partition coefficient (Wildman–Crippen LogP) is 3.28. The zero-order valence-electron chi connectivity index (χ0n) is 14.7. The number of fused-ring (bicyclic) bond motifs is 3. The van der Waals surface area contributed by atoms with Crippen LogP contribution in [0.5, 0.6) is 0 Å². The van der Waals surface area contributed by atoms with E-state index in [2.05, 4.69) is 27.4 Å². The minimum absolute atomic E-state index is 0.00807. The van der Waals surface area contributed by atoms with Gasteiger partial charge < -0.3 is 4.98 Å². The van der Waals surface area contributed by atoms with Gasteiger partial charge in [-0.15, -0.1) is 16.4 Å². The Labute approximate surface area is 158 Å². The fourth-order valence-electron chi connectivity index (χ4n) is 3.58. The molecular formula is C17H20N6OS2. The first kappa shape index (κ1) is 16.4. The molecule has 3 aromatic heterocycles. The lowest BCUT2D eigenvalue weighted by Gasteiger charge is -2.17. The number of aromatic amines is 1. The second-order valence-corrected chi connectivity index (χ2v) is 9.77. The van der Waals surface area contributed by atoms with Crippen LogP contribution >= 0.6 is 23.1 Å². The van der Waals surface area contributed by atoms with Gasteiger partial charge >= 0.3 is 0 Å². The highest BCUT2D eigenvalue weighted by atomic mass is 32.2. The number of thiophene rings is 1. The molecule has 0 bridgehead atoms. The van der Waals surface area contributed by atoms with Gasteiger partial charge in [0.1, 0.15) is 10.7 Å². The molecule has 0 spiro atoms. The monoisotopic (exact) mass is 388 g/mol. The lowest BCUT2D eigenvalue weighted by Crippen LogP contribution is -2.15. The number of aromatic nitrogens is 6. The summed E-state index contributed by atoms with van der Waals surface area (Å²) in [6, 6.07) is 0.431. The molecule has 3 heterocycles. The molecule has 0 aromatic carbocycles. The maximum absolute atomic E-state index is 12.8. The smallest absolute Gasteiger partial charge is 0.259 e. The number of hydrogen-bond donors (Lipinski definition) is 1. The van der Waals surface area contributed by atoms with Gasteiger partial charge in [-0.1, -0.05) is 18.7 Å². The van der Waals surface area contributed by atoms with E-state index in [1.807, 2.05) is 11.6 Å². The topological polar surface area (TPSA) is 89.3 Å². The summed E-state index contributed by atoms with van der Waals surface area (Å²) < 4.78 is 1.89. The van der Waals surface area contributed by atoms with Gasteiger partial charge in [0.05, 0.1) is 16.7 Å². The van der Waals surface area contributed by atoms with Crippen molar-refractivity contribution in [1.29, 1.82) is 0 Å². The maximum atomic E-state index is 12.8. The average Bonchev–Trinajstić information content (AvgIpc) is 3.23. The molecule has 2 aliphatic carbocycles. The van der Waals surface area contributed by atoms with Gasteiger partial charge in [-0.05, 0) is 60.9 Å². The first-order valence-electron chi connectivity index (χ1n) is 9.09. The van der Waals surface area contributed by atoms with Crippen LogP contribution in [-0.4, -0.2) is 30.2 Å². The van der Waals surface area contributed by atoms with Crippen molar-refractivity contribution in [3.05, 3.63) is 26.6 Å². The van der Waals surface area contributed by atoms with Gasteiger partial charge in [0, 0.05) is 4.88 Å². The summed E-state index contributed by atoms with van der Waals surface area (Å²) in [4.78, 5) is 22.8. The third kappa shape index (κ3) is 2.77. The highest BCUT2D eigenvalue weighted by Gasteiger charge is 2.29. The van der Waals surface area contributed by atoms with Crippen LogP contribution < -0.4 is 5.56 Å². The van der Waals surface area contributed by atoms with E-state index in [0.717, 1.165) is 47.5 Å². The Morgan fingerprint density at radius 2 is 2.19 bits per heavy atom. The largest absolute Gasteiger partial charge is 0.309 e. The highest BCUT2D eigenvalue weighted by Crippen LogP contribution is 2.40. The molecule has 9 heteroatoms. The Bertz CT molecular complexity index is 1030. The van der Waals surface area contributed by atoms with E-state index in [4.69, 9.17) is 4.98 Å². The van der Waals surface area contributed by atoms with Crippen molar-refractivity contribution in [3.8, 4) is 0 Å². The molecule has 7 nitrogen and oxygen atoms in total. The van der Waals surface area contributed by atoms with Crippen LogP contribution in [0.4, 0.5) is 0 Å². The maximum Gasteiger partial charge on any atom is 0.259 e. The summed E-state index contributed by atoms with van der Waals surface area (Å²) in [7, 11) is 0. The number of hydrogen-bond acceptors (Lipinski definition) is 7. The third-order valence-electron chi connectivity index (χ3n) is 5.21. The fraction of sp³-hybridized carbons (Fsp3) is 0.588. The van der Waals surface area contributed by atoms with Crippen LogP contribution in [0, 0.1) is 5.92 Å². The van der Waals surface area contributed by atoms with E-state index in [1.54, 1.807) is 23.1 Å². The first-order valence-corrected chi connectivity index (χ1v) is 10.8. The van der Waals surface area contributed by atoms with E-state index in [9.17, 15) is 4.79 Å². The molecule has 0 aliphatic heterocycles. The van der Waals surface area contributed by atoms with Crippen LogP contribution in [0.3, 0.4) is 0 Å². The van der Waals surface area contributed by atoms with E-state index < -0.39 is 0 Å². The lowest BCUT2D eigenvalue weighted by molar-refractivity contribution is 0.509. The number of H-pyrrole nitrogens is 1. The number of nitrogens with one attached hydrogen (secondary N) is 1. The van der Waals surface area contributed by atoms with Crippen molar-refractivity contribution in [3.63, 3.8) is 0 Å². The third-order valence-corrected chi connectivity index (χ3v) is 7.41. The zero-order valence-corrected chi connectivity index (χ0v) is 16.4. The summed E-state index contributed by atoms with van der Waals surface area (Å²) in [5.41, 5.74) is 1.22. The molecule has 136 valence electrons. The summed E-state index contributed by atoms with van der Waals surface area (Å²) in [5.74, 6) is 1.38. The second-order valence-electron chi connectivity index (χ2n) is 7.38. The van der Waals surface area contributed by atoms with Crippen molar-refractivity contribution in [1.82, 2.24) is 30.2 Å². The molecule has 5 rings (SSSR count). The standard InChI is InChI=1S/C17H20N6OS2/c1-8-3-6-11-12(7-8)26-16-13(11)15(24)18-14(19-16)9(2)25-17-20-21-22-23(17)10-4-5-10/h8-10H,3-7H2,1-2H3,(H,18,19,24). The van der Waals surface area contributed by atoms with Gasteiger partial charge in [0.2, 0.25) is 5.16 Å². The normalized spacial score (nSPS) is 21.1. The Balaban J connectivity index is 1.49. The quantitative estimate of drug-likeness (QED) is 0.690. The Hall–Kier alpha value is -1.74. The van der Waals surface area contributed by atoms with Crippen LogP contribution in [0.2, 0.25) is 0 Å². The minimum atomic E-state index is -0.0198. The summed E-state index contributed by atoms with van der Waals surface area (Å²) >= 11 is 3.24. The van der Waals surface area contributed by atoms with E-state index >= 15 is 0 Å². The number of aryl methyl sites for hydroxylation is 1. The number of nitrogens with zero attached hydrogens (tertiary/aromatic N) is 5. The van der Waals surface area contributed by atoms with Crippen molar-refractivity contribution < 1.29 is 0 Å². The molecule has 2 aliphatic rings. The molecule has 1 N–H and O–H groups in total. The molecule has 2 unspecified atom stereocenters. The van der Waals surface area contributed by atoms with Crippen LogP contribution in [0.15, 0.2) is 9.95 Å². The van der Waals surface area contributed by atoms with Crippen LogP contribution in [0.1, 0.15) is 60.7 Å². The molecule has 3 aromatic rings. The Morgan fingerprint density at radius 1 is 1.35 bits per heavy atom. The molecule has 26 heavy (non-hydrogen) atoms. The van der Waals surface area contributed by atoms with Gasteiger partial charge in [-0.25, -0.2) is 9.67 Å². The average molecular weight is 389 g/mol. The number of tetrazole rings is 1. The Kier molecular flexibility index (Phi) is 3.89. The predicted molar refractivity (Wildman–Crippen MR) is 102 cm³/mol. The van der Waals surface area contributed by atoms with E-state index in [0.29, 0.717) is 17.8 Å². The van der Waals surface area contributed by atoms with Crippen molar-refractivity contribution in [2.75, 3.05) is 0 Å². The molecule has 1 saturated carbocycles. The van der Waals surface area contributed by atoms with Crippen molar-refractivity contribution >= 4 is 33.3 Å². The fourth-order valence-corrected chi connectivity index (χ4v) is 5.89. The zero-order chi connectivity index (χ0) is 17.8.